The van der Waals surface area contributed by atoms with Crippen LogP contribution in [0.2, 0.25) is 0 Å². The van der Waals surface area contributed by atoms with E-state index in [4.69, 9.17) is 9.47 Å². The SMILES string of the molecule is CC1C(CN2CCC(O)C2)OC(c2ccc(-c3ccccc3CNC(=O)NC34CC5CC(CC(C5)C3)C4)cc2)OC1c1ccc(CO)cc1. The van der Waals surface area contributed by atoms with Gasteiger partial charge in [0.2, 0.25) is 0 Å². The molecule has 0 radical (unpaired) electrons. The molecule has 49 heavy (non-hydrogen) atoms. The van der Waals surface area contributed by atoms with Crippen LogP contribution in [-0.2, 0) is 22.6 Å². The highest BCUT2D eigenvalue weighted by atomic mass is 16.7. The number of ether oxygens (including phenoxy) is 2. The van der Waals surface area contributed by atoms with Gasteiger partial charge in [-0.05, 0) is 90.5 Å². The monoisotopic (exact) mass is 665 g/mol. The minimum atomic E-state index is -0.546. The first kappa shape index (κ1) is 32.9. The molecule has 3 aromatic carbocycles. The van der Waals surface area contributed by atoms with Gasteiger partial charge < -0.3 is 30.3 Å². The lowest BCUT2D eigenvalue weighted by molar-refractivity contribution is -0.276. The number of β-amino-alcohol motifs (C(OH)–C–C–N with tert-alkyl or cyclic N) is 1. The summed E-state index contributed by atoms with van der Waals surface area (Å²) in [5.74, 6) is 2.46. The Kier molecular flexibility index (Phi) is 9.27. The van der Waals surface area contributed by atoms with Gasteiger partial charge in [0.05, 0.1) is 24.9 Å². The van der Waals surface area contributed by atoms with Gasteiger partial charge in [0, 0.05) is 43.2 Å². The van der Waals surface area contributed by atoms with Crippen molar-refractivity contribution in [1.82, 2.24) is 15.5 Å². The van der Waals surface area contributed by atoms with Crippen LogP contribution in [0.5, 0.6) is 0 Å². The Balaban J connectivity index is 0.961. The average molecular weight is 666 g/mol. The Morgan fingerprint density at radius 3 is 2.22 bits per heavy atom. The Bertz CT molecular complexity index is 1570. The summed E-state index contributed by atoms with van der Waals surface area (Å²) >= 11 is 0. The molecular formula is C41H51N3O5. The van der Waals surface area contributed by atoms with Gasteiger partial charge in [0.25, 0.3) is 0 Å². The lowest BCUT2D eigenvalue weighted by Gasteiger charge is -2.56. The summed E-state index contributed by atoms with van der Waals surface area (Å²) in [6.45, 7) is 4.91. The van der Waals surface area contributed by atoms with Gasteiger partial charge in [-0.1, -0.05) is 79.7 Å². The van der Waals surface area contributed by atoms with Crippen LogP contribution in [-0.4, -0.2) is 58.5 Å². The number of carbonyl (C=O) groups is 1. The molecule has 3 aromatic rings. The number of aliphatic hydroxyl groups is 2. The zero-order valence-electron chi connectivity index (χ0n) is 28.6. The first-order valence-corrected chi connectivity index (χ1v) is 18.5. The molecule has 8 heteroatoms. The van der Waals surface area contributed by atoms with Crippen molar-refractivity contribution in [3.63, 3.8) is 0 Å². The Morgan fingerprint density at radius 2 is 1.57 bits per heavy atom. The van der Waals surface area contributed by atoms with Crippen molar-refractivity contribution in [3.05, 3.63) is 95.1 Å². The molecule has 4 aliphatic carbocycles. The van der Waals surface area contributed by atoms with Crippen molar-refractivity contribution in [2.45, 2.75) is 95.2 Å². The van der Waals surface area contributed by atoms with Crippen LogP contribution in [0.1, 0.15) is 86.5 Å². The third kappa shape index (κ3) is 7.04. The first-order chi connectivity index (χ1) is 23.8. The minimum absolute atomic E-state index is 0.00752. The molecule has 4 bridgehead atoms. The Hall–Kier alpha value is -3.27. The molecule has 0 aromatic heterocycles. The van der Waals surface area contributed by atoms with Gasteiger partial charge in [0.15, 0.2) is 6.29 Å². The van der Waals surface area contributed by atoms with Gasteiger partial charge in [-0.15, -0.1) is 0 Å². The molecule has 2 heterocycles. The lowest BCUT2D eigenvalue weighted by atomic mass is 9.53. The largest absolute Gasteiger partial charge is 0.392 e. The minimum Gasteiger partial charge on any atom is -0.392 e. The van der Waals surface area contributed by atoms with Crippen molar-refractivity contribution in [2.75, 3.05) is 19.6 Å². The molecule has 9 rings (SSSR count). The number of amides is 2. The molecule has 4 N–H and O–H groups in total. The van der Waals surface area contributed by atoms with Gasteiger partial charge in [0.1, 0.15) is 0 Å². The second-order valence-electron chi connectivity index (χ2n) is 15.8. The number of rotatable bonds is 9. The summed E-state index contributed by atoms with van der Waals surface area (Å²) in [6, 6.07) is 24.6. The molecule has 260 valence electrons. The van der Waals surface area contributed by atoms with Crippen LogP contribution < -0.4 is 10.6 Å². The molecule has 5 atom stereocenters. The summed E-state index contributed by atoms with van der Waals surface area (Å²) < 4.78 is 13.4. The normalized spacial score (nSPS) is 33.9. The third-order valence-electron chi connectivity index (χ3n) is 12.2. The predicted octanol–water partition coefficient (Wildman–Crippen LogP) is 6.47. The van der Waals surface area contributed by atoms with Crippen molar-refractivity contribution in [2.24, 2.45) is 23.7 Å². The van der Waals surface area contributed by atoms with E-state index >= 15 is 0 Å². The molecule has 4 saturated carbocycles. The summed E-state index contributed by atoms with van der Waals surface area (Å²) in [4.78, 5) is 15.5. The first-order valence-electron chi connectivity index (χ1n) is 18.5. The highest BCUT2D eigenvalue weighted by molar-refractivity contribution is 5.76. The Morgan fingerprint density at radius 1 is 0.898 bits per heavy atom. The zero-order chi connectivity index (χ0) is 33.5. The van der Waals surface area contributed by atoms with Crippen LogP contribution in [0.15, 0.2) is 72.8 Å². The highest BCUT2D eigenvalue weighted by Crippen LogP contribution is 2.55. The number of nitrogens with zero attached hydrogens (tertiary/aromatic N) is 1. The Labute approximate surface area is 290 Å². The standard InChI is InChI=1S/C41H51N3O5/c1-26-37(24-44-15-14-35(46)23-44)48-39(49-38(26)32-8-6-27(25-45)7-9-32)33-12-10-31(11-13-33)36-5-3-2-4-34(36)22-42-40(47)43-41-19-28-16-29(20-41)18-30(17-28)21-41/h2-13,26,28-30,35,37-39,45-46H,14-25H2,1H3,(H2,42,43,47). The second-order valence-corrected chi connectivity index (χ2v) is 15.8. The van der Waals surface area contributed by atoms with Gasteiger partial charge >= 0.3 is 6.03 Å². The fourth-order valence-corrected chi connectivity index (χ4v) is 10.1. The molecule has 2 saturated heterocycles. The van der Waals surface area contributed by atoms with Crippen molar-refractivity contribution >= 4 is 6.03 Å². The van der Waals surface area contributed by atoms with E-state index in [-0.39, 0.29) is 42.4 Å². The number of carbonyl (C=O) groups excluding carboxylic acids is 1. The molecule has 2 amide bonds. The number of hydrogen-bond acceptors (Lipinski definition) is 6. The number of likely N-dealkylation sites (tertiary alicyclic amines) is 1. The van der Waals surface area contributed by atoms with E-state index in [1.165, 1.54) is 19.3 Å². The van der Waals surface area contributed by atoms with Crippen molar-refractivity contribution in [1.29, 1.82) is 0 Å². The van der Waals surface area contributed by atoms with E-state index in [0.29, 0.717) is 13.1 Å². The lowest BCUT2D eigenvalue weighted by Crippen LogP contribution is -2.61. The number of urea groups is 1. The molecule has 5 unspecified atom stereocenters. The van der Waals surface area contributed by atoms with Crippen LogP contribution in [0.25, 0.3) is 11.1 Å². The maximum atomic E-state index is 13.2. The summed E-state index contributed by atoms with van der Waals surface area (Å²) in [7, 11) is 0. The highest BCUT2D eigenvalue weighted by Gasteiger charge is 2.51. The van der Waals surface area contributed by atoms with Crippen LogP contribution >= 0.6 is 0 Å². The van der Waals surface area contributed by atoms with E-state index in [2.05, 4.69) is 58.9 Å². The number of benzene rings is 3. The van der Waals surface area contributed by atoms with Crippen LogP contribution in [0.3, 0.4) is 0 Å². The smallest absolute Gasteiger partial charge is 0.315 e. The summed E-state index contributed by atoms with van der Waals surface area (Å²) in [6.07, 6.45) is 7.20. The summed E-state index contributed by atoms with van der Waals surface area (Å²) in [5, 5.41) is 26.4. The van der Waals surface area contributed by atoms with E-state index < -0.39 is 6.29 Å². The van der Waals surface area contributed by atoms with E-state index in [0.717, 1.165) is 89.9 Å². The van der Waals surface area contributed by atoms with Gasteiger partial charge in [-0.25, -0.2) is 4.79 Å². The topological polar surface area (TPSA) is 103 Å². The fraction of sp³-hybridized carbons (Fsp3) is 0.537. The third-order valence-corrected chi connectivity index (χ3v) is 12.2. The molecular weight excluding hydrogens is 614 g/mol. The number of aliphatic hydroxyl groups excluding tert-OH is 2. The maximum absolute atomic E-state index is 13.2. The molecule has 6 aliphatic rings. The average Bonchev–Trinajstić information content (AvgIpc) is 3.52. The van der Waals surface area contributed by atoms with Gasteiger partial charge in [-0.2, -0.15) is 0 Å². The predicted molar refractivity (Wildman–Crippen MR) is 188 cm³/mol. The molecule has 0 spiro atoms. The maximum Gasteiger partial charge on any atom is 0.315 e. The number of nitrogens with one attached hydrogen (secondary N) is 2. The summed E-state index contributed by atoms with van der Waals surface area (Å²) in [5.41, 5.74) is 6.12. The van der Waals surface area contributed by atoms with E-state index in [1.54, 1.807) is 0 Å². The fourth-order valence-electron chi connectivity index (χ4n) is 10.1. The zero-order valence-corrected chi connectivity index (χ0v) is 28.6. The van der Waals surface area contributed by atoms with Crippen molar-refractivity contribution < 1.29 is 24.5 Å². The molecule has 6 fully saturated rings. The van der Waals surface area contributed by atoms with Crippen molar-refractivity contribution in [3.8, 4) is 11.1 Å². The number of hydrogen-bond donors (Lipinski definition) is 4. The van der Waals surface area contributed by atoms with Crippen LogP contribution in [0.4, 0.5) is 4.79 Å². The van der Waals surface area contributed by atoms with E-state index in [1.807, 2.05) is 36.4 Å². The van der Waals surface area contributed by atoms with E-state index in [9.17, 15) is 15.0 Å². The molecule has 2 aliphatic heterocycles. The van der Waals surface area contributed by atoms with Crippen LogP contribution in [0, 0.1) is 23.7 Å². The second kappa shape index (κ2) is 13.8. The quantitative estimate of drug-likeness (QED) is 0.209. The molecule has 8 nitrogen and oxygen atoms in total. The van der Waals surface area contributed by atoms with Gasteiger partial charge in [-0.3, -0.25) is 4.90 Å².